The van der Waals surface area contributed by atoms with Crippen molar-refractivity contribution >= 4 is 45.4 Å². The Morgan fingerprint density at radius 1 is 1.03 bits per heavy atom. The summed E-state index contributed by atoms with van der Waals surface area (Å²) in [5.74, 6) is 1.54. The molecule has 1 amide bonds. The average molecular weight is 434 g/mol. The molecular formula is C24H27N5OS. The van der Waals surface area contributed by atoms with Crippen LogP contribution in [0, 0.1) is 0 Å². The van der Waals surface area contributed by atoms with E-state index < -0.39 is 0 Å². The molecule has 1 aliphatic heterocycles. The molecule has 5 rings (SSSR count). The van der Waals surface area contributed by atoms with Crippen molar-refractivity contribution in [2.24, 2.45) is 5.73 Å². The molecule has 0 radical (unpaired) electrons. The number of benzene rings is 1. The zero-order valence-corrected chi connectivity index (χ0v) is 18.4. The van der Waals surface area contributed by atoms with Crippen LogP contribution in [0.4, 0.5) is 5.82 Å². The number of hydrogen-bond donors (Lipinski definition) is 1. The lowest BCUT2D eigenvalue weighted by atomic mass is 9.97. The first kappa shape index (κ1) is 20.2. The highest BCUT2D eigenvalue weighted by Gasteiger charge is 2.26. The number of amides is 1. The quantitative estimate of drug-likeness (QED) is 0.668. The summed E-state index contributed by atoms with van der Waals surface area (Å²) in [6, 6.07) is 10.3. The third kappa shape index (κ3) is 4.34. The molecule has 3 aromatic rings. The number of aromatic nitrogens is 2. The van der Waals surface area contributed by atoms with Crippen LogP contribution in [0.2, 0.25) is 0 Å². The predicted octanol–water partition coefficient (Wildman–Crippen LogP) is 3.35. The van der Waals surface area contributed by atoms with Gasteiger partial charge in [-0.2, -0.15) is 0 Å². The van der Waals surface area contributed by atoms with Gasteiger partial charge in [0.1, 0.15) is 10.6 Å². The lowest BCUT2D eigenvalue weighted by Crippen LogP contribution is -2.49. The number of fused-ring (bicyclic) bond motifs is 3. The maximum Gasteiger partial charge on any atom is 0.231 e. The van der Waals surface area contributed by atoms with Crippen LogP contribution in [-0.2, 0) is 17.6 Å². The van der Waals surface area contributed by atoms with Gasteiger partial charge in [0.2, 0.25) is 5.91 Å². The first-order chi connectivity index (χ1) is 15.2. The van der Waals surface area contributed by atoms with E-state index in [1.807, 2.05) is 35.6 Å². The van der Waals surface area contributed by atoms with Crippen LogP contribution in [0.15, 0.2) is 30.3 Å². The highest BCUT2D eigenvalue weighted by atomic mass is 32.1. The molecule has 6 nitrogen and oxygen atoms in total. The van der Waals surface area contributed by atoms with Crippen LogP contribution in [0.25, 0.3) is 22.4 Å². The van der Waals surface area contributed by atoms with Crippen molar-refractivity contribution in [1.29, 1.82) is 0 Å². The Balaban J connectivity index is 1.51. The molecule has 0 spiro atoms. The first-order valence-electron chi connectivity index (χ1n) is 11.0. The van der Waals surface area contributed by atoms with Gasteiger partial charge in [-0.1, -0.05) is 36.4 Å². The number of piperazine rings is 1. The molecule has 1 fully saturated rings. The van der Waals surface area contributed by atoms with E-state index in [4.69, 9.17) is 15.7 Å². The van der Waals surface area contributed by atoms with Gasteiger partial charge in [-0.25, -0.2) is 9.97 Å². The van der Waals surface area contributed by atoms with Crippen molar-refractivity contribution in [2.75, 3.05) is 37.6 Å². The Labute approximate surface area is 186 Å². The molecule has 0 saturated carbocycles. The number of nitrogens with zero attached hydrogens (tertiary/aromatic N) is 4. The molecule has 1 aromatic carbocycles. The Kier molecular flexibility index (Phi) is 5.70. The van der Waals surface area contributed by atoms with E-state index in [1.165, 1.54) is 28.7 Å². The van der Waals surface area contributed by atoms with Crippen LogP contribution in [-0.4, -0.2) is 53.5 Å². The van der Waals surface area contributed by atoms with Crippen molar-refractivity contribution < 1.29 is 4.79 Å². The molecule has 0 bridgehead atoms. The van der Waals surface area contributed by atoms with Gasteiger partial charge in [0.25, 0.3) is 0 Å². The Hall–Kier alpha value is -2.77. The minimum Gasteiger partial charge on any atom is -0.369 e. The van der Waals surface area contributed by atoms with Crippen molar-refractivity contribution in [3.05, 3.63) is 52.2 Å². The Morgan fingerprint density at radius 2 is 1.81 bits per heavy atom. The normalized spacial score (nSPS) is 17.4. The zero-order valence-electron chi connectivity index (χ0n) is 17.6. The van der Waals surface area contributed by atoms with E-state index >= 15 is 0 Å². The second kappa shape index (κ2) is 8.77. The summed E-state index contributed by atoms with van der Waals surface area (Å²) in [6.45, 7) is 3.63. The highest BCUT2D eigenvalue weighted by molar-refractivity contribution is 7.19. The maximum absolute atomic E-state index is 11.3. The van der Waals surface area contributed by atoms with E-state index in [9.17, 15) is 4.79 Å². The van der Waals surface area contributed by atoms with Crippen molar-refractivity contribution in [3.8, 4) is 0 Å². The average Bonchev–Trinajstić information content (AvgIpc) is 3.16. The summed E-state index contributed by atoms with van der Waals surface area (Å²) in [7, 11) is 0. The van der Waals surface area contributed by atoms with Crippen LogP contribution < -0.4 is 10.6 Å². The molecule has 31 heavy (non-hydrogen) atoms. The summed E-state index contributed by atoms with van der Waals surface area (Å²) < 4.78 is 0. The number of rotatable bonds is 5. The number of anilines is 1. The van der Waals surface area contributed by atoms with Crippen LogP contribution in [0.3, 0.4) is 0 Å². The van der Waals surface area contributed by atoms with E-state index in [1.54, 1.807) is 0 Å². The largest absolute Gasteiger partial charge is 0.369 e. The summed E-state index contributed by atoms with van der Waals surface area (Å²) >= 11 is 1.84. The second-order valence-corrected chi connectivity index (χ2v) is 9.35. The third-order valence-corrected chi connectivity index (χ3v) is 7.27. The predicted molar refractivity (Wildman–Crippen MR) is 127 cm³/mol. The molecule has 2 N–H and O–H groups in total. The van der Waals surface area contributed by atoms with E-state index in [-0.39, 0.29) is 5.91 Å². The highest BCUT2D eigenvalue weighted by Crippen LogP contribution is 2.40. The third-order valence-electron chi connectivity index (χ3n) is 6.09. The van der Waals surface area contributed by atoms with E-state index in [0.29, 0.717) is 6.54 Å². The SMILES string of the molecule is NC(=O)CN1CCN(c2nc(/C=C/c3ccccc3)nc3sc4c(c23)CCCC4)CC1. The number of hydrogen-bond acceptors (Lipinski definition) is 6. The van der Waals surface area contributed by atoms with Crippen molar-refractivity contribution in [1.82, 2.24) is 14.9 Å². The Morgan fingerprint density at radius 3 is 2.58 bits per heavy atom. The maximum atomic E-state index is 11.3. The van der Waals surface area contributed by atoms with Gasteiger partial charge in [0, 0.05) is 31.1 Å². The lowest BCUT2D eigenvalue weighted by molar-refractivity contribution is -0.119. The molecule has 160 valence electrons. The minimum atomic E-state index is -0.266. The molecule has 7 heteroatoms. The van der Waals surface area contributed by atoms with E-state index in [0.717, 1.165) is 61.1 Å². The number of thiophene rings is 1. The molecule has 3 heterocycles. The van der Waals surface area contributed by atoms with Crippen molar-refractivity contribution in [2.45, 2.75) is 25.7 Å². The topological polar surface area (TPSA) is 75.4 Å². The van der Waals surface area contributed by atoms with Gasteiger partial charge < -0.3 is 10.6 Å². The van der Waals surface area contributed by atoms with Gasteiger partial charge in [0.05, 0.1) is 11.9 Å². The monoisotopic (exact) mass is 433 g/mol. The van der Waals surface area contributed by atoms with Crippen LogP contribution in [0.5, 0.6) is 0 Å². The molecule has 2 aliphatic rings. The van der Waals surface area contributed by atoms with Gasteiger partial charge in [-0.15, -0.1) is 11.3 Å². The molecule has 2 aromatic heterocycles. The molecule has 1 aliphatic carbocycles. The summed E-state index contributed by atoms with van der Waals surface area (Å²) in [5.41, 5.74) is 7.98. The standard InChI is InChI=1S/C24H27N5OS/c25-20(30)16-28-12-14-29(15-13-28)23-22-18-8-4-5-9-19(18)31-24(22)27-21(26-23)11-10-17-6-2-1-3-7-17/h1-3,6-7,10-11H,4-5,8-9,12-16H2,(H2,25,30)/b11-10+. The summed E-state index contributed by atoms with van der Waals surface area (Å²) in [4.78, 5) is 28.3. The first-order valence-corrected chi connectivity index (χ1v) is 11.8. The number of primary amides is 1. The van der Waals surface area contributed by atoms with E-state index in [2.05, 4.69) is 28.0 Å². The summed E-state index contributed by atoms with van der Waals surface area (Å²) in [5, 5.41) is 1.25. The van der Waals surface area contributed by atoms with Gasteiger partial charge in [-0.3, -0.25) is 9.69 Å². The lowest BCUT2D eigenvalue weighted by Gasteiger charge is -2.35. The minimum absolute atomic E-state index is 0.266. The fourth-order valence-corrected chi connectivity index (χ4v) is 5.79. The van der Waals surface area contributed by atoms with Gasteiger partial charge in [0.15, 0.2) is 5.82 Å². The molecule has 0 unspecified atom stereocenters. The number of carbonyl (C=O) groups excluding carboxylic acids is 1. The molecule has 1 saturated heterocycles. The number of aryl methyl sites for hydroxylation is 2. The fourth-order valence-electron chi connectivity index (χ4n) is 4.53. The summed E-state index contributed by atoms with van der Waals surface area (Å²) in [6.07, 6.45) is 8.85. The second-order valence-electron chi connectivity index (χ2n) is 8.27. The Bertz CT molecular complexity index is 1120. The molecular weight excluding hydrogens is 406 g/mol. The number of carbonyl (C=O) groups is 1. The van der Waals surface area contributed by atoms with Crippen molar-refractivity contribution in [3.63, 3.8) is 0 Å². The smallest absolute Gasteiger partial charge is 0.231 e. The zero-order chi connectivity index (χ0) is 21.2. The van der Waals surface area contributed by atoms with Crippen LogP contribution in [0.1, 0.15) is 34.7 Å². The fraction of sp³-hybridized carbons (Fsp3) is 0.375. The number of nitrogens with two attached hydrogens (primary N) is 1. The van der Waals surface area contributed by atoms with Crippen LogP contribution >= 0.6 is 11.3 Å². The van der Waals surface area contributed by atoms with Gasteiger partial charge >= 0.3 is 0 Å². The van der Waals surface area contributed by atoms with Gasteiger partial charge in [-0.05, 0) is 42.9 Å². The molecule has 0 atom stereocenters.